The second kappa shape index (κ2) is 4.21. The summed E-state index contributed by atoms with van der Waals surface area (Å²) in [4.78, 5) is 4.21. The maximum Gasteiger partial charge on any atom is 0.0437 e. The molecular weight excluding hydrogens is 124 g/mol. The van der Waals surface area contributed by atoms with Crippen LogP contribution in [0.5, 0.6) is 0 Å². The van der Waals surface area contributed by atoms with E-state index in [9.17, 15) is 5.21 Å². The van der Waals surface area contributed by atoms with E-state index < -0.39 is 0 Å². The van der Waals surface area contributed by atoms with Crippen molar-refractivity contribution in [1.29, 1.82) is 0 Å². The lowest BCUT2D eigenvalue weighted by atomic mass is 11.4. The van der Waals surface area contributed by atoms with Crippen LogP contribution in [0.15, 0.2) is 5.10 Å². The summed E-state index contributed by atoms with van der Waals surface area (Å²) in [6.07, 6.45) is 0. The van der Waals surface area contributed by atoms with E-state index in [0.717, 1.165) is 5.12 Å². The van der Waals surface area contributed by atoms with Crippen molar-refractivity contribution in [3.8, 4) is 0 Å². The predicted octanol–water partition coefficient (Wildman–Crippen LogP) is -0.685. The minimum absolute atomic E-state index is 0.146. The van der Waals surface area contributed by atoms with Crippen LogP contribution in [0.2, 0.25) is 0 Å². The van der Waals surface area contributed by atoms with Gasteiger partial charge >= 0.3 is 0 Å². The molecule has 6 heteroatoms. The van der Waals surface area contributed by atoms with E-state index in [-0.39, 0.29) is 5.34 Å². The topological polar surface area (TPSA) is 63.2 Å². The molecule has 0 aromatic rings. The average Bonchev–Trinajstić information content (AvgIpc) is 1.87. The molecule has 0 aliphatic carbocycles. The third kappa shape index (κ3) is 2.98. The highest BCUT2D eigenvalue weighted by Gasteiger charge is 1.91. The van der Waals surface area contributed by atoms with Crippen molar-refractivity contribution in [2.75, 3.05) is 14.1 Å². The average molecular weight is 133 g/mol. The van der Waals surface area contributed by atoms with Gasteiger partial charge in [0, 0.05) is 20.8 Å². The fraction of sp³-hybridized carbons (Fsp3) is 0.667. The minimum atomic E-state index is 0.146. The number of hydrogen-bond acceptors (Lipinski definition) is 6. The van der Waals surface area contributed by atoms with Gasteiger partial charge in [-0.25, -0.2) is 10.1 Å². The fourth-order valence-electron chi connectivity index (χ4n) is 0.189. The minimum Gasteiger partial charge on any atom is -0.741 e. The molecule has 0 heterocycles. The first-order valence-corrected chi connectivity index (χ1v) is 2.23. The second-order valence-corrected chi connectivity index (χ2v) is 1.16. The van der Waals surface area contributed by atoms with Gasteiger partial charge < -0.3 is 5.21 Å². The lowest BCUT2D eigenvalue weighted by molar-refractivity contribution is -0.274. The molecule has 0 radical (unpaired) electrons. The highest BCUT2D eigenvalue weighted by molar-refractivity contribution is 5.22. The zero-order valence-corrected chi connectivity index (χ0v) is 5.37. The number of hydrogen-bond donors (Lipinski definition) is 1. The molecule has 0 aliphatic heterocycles. The maximum atomic E-state index is 10.4. The van der Waals surface area contributed by atoms with Gasteiger partial charge in [0.25, 0.3) is 0 Å². The fourth-order valence-corrected chi connectivity index (χ4v) is 0.189. The first-order valence-electron chi connectivity index (χ1n) is 2.23. The summed E-state index contributed by atoms with van der Waals surface area (Å²) >= 11 is 0. The van der Waals surface area contributed by atoms with E-state index in [1.807, 2.05) is 0 Å². The standard InChI is InChI=1S/C3H9N4O2/c1-4-6(3)7(8)9-5-2/h5H,1H2,2-3H3/q-1. The highest BCUT2D eigenvalue weighted by atomic mass is 17.0. The Morgan fingerprint density at radius 1 is 1.78 bits per heavy atom. The van der Waals surface area contributed by atoms with Gasteiger partial charge in [-0.3, -0.25) is 0 Å². The van der Waals surface area contributed by atoms with Gasteiger partial charge in [0.05, 0.1) is 0 Å². The molecule has 1 N–H and O–H groups in total. The van der Waals surface area contributed by atoms with Crippen LogP contribution in [0.3, 0.4) is 0 Å². The van der Waals surface area contributed by atoms with Crippen LogP contribution in [0, 0.1) is 5.21 Å². The molecule has 0 amide bonds. The quantitative estimate of drug-likeness (QED) is 0.406. The number of hydrazone groups is 1. The lowest BCUT2D eigenvalue weighted by Gasteiger charge is -2.31. The van der Waals surface area contributed by atoms with Gasteiger partial charge in [-0.1, -0.05) is 0 Å². The lowest BCUT2D eigenvalue weighted by Crippen LogP contribution is -2.34. The van der Waals surface area contributed by atoms with Crippen molar-refractivity contribution in [3.05, 3.63) is 5.21 Å². The van der Waals surface area contributed by atoms with Gasteiger partial charge in [0.1, 0.15) is 0 Å². The largest absolute Gasteiger partial charge is 0.741 e. The van der Waals surface area contributed by atoms with Gasteiger partial charge in [0.2, 0.25) is 0 Å². The van der Waals surface area contributed by atoms with E-state index in [4.69, 9.17) is 0 Å². The molecular formula is C3H9N4O2-. The smallest absolute Gasteiger partial charge is 0.0437 e. The Labute approximate surface area is 53.1 Å². The molecule has 0 atom stereocenters. The highest BCUT2D eigenvalue weighted by Crippen LogP contribution is 1.88. The Morgan fingerprint density at radius 3 is 2.67 bits per heavy atom. The zero-order valence-electron chi connectivity index (χ0n) is 5.37. The summed E-state index contributed by atoms with van der Waals surface area (Å²) in [6.45, 7) is 3.09. The van der Waals surface area contributed by atoms with E-state index >= 15 is 0 Å². The van der Waals surface area contributed by atoms with Crippen molar-refractivity contribution in [2.45, 2.75) is 0 Å². The normalized spacial score (nSPS) is 9.78. The van der Waals surface area contributed by atoms with Crippen molar-refractivity contribution in [3.63, 3.8) is 0 Å². The van der Waals surface area contributed by atoms with Crippen LogP contribution in [-0.4, -0.2) is 31.3 Å². The number of hydrazine groups is 1. The molecule has 0 aliphatic rings. The van der Waals surface area contributed by atoms with Crippen molar-refractivity contribution >= 4 is 6.72 Å². The molecule has 0 aromatic carbocycles. The van der Waals surface area contributed by atoms with Gasteiger partial charge in [-0.15, -0.1) is 5.34 Å². The van der Waals surface area contributed by atoms with E-state index in [0.29, 0.717) is 0 Å². The van der Waals surface area contributed by atoms with E-state index in [2.05, 4.69) is 22.2 Å². The zero-order chi connectivity index (χ0) is 7.28. The summed E-state index contributed by atoms with van der Waals surface area (Å²) in [5.74, 6) is 0. The second-order valence-electron chi connectivity index (χ2n) is 1.16. The first kappa shape index (κ1) is 8.31. The van der Waals surface area contributed by atoms with Crippen molar-refractivity contribution in [1.82, 2.24) is 15.9 Å². The van der Waals surface area contributed by atoms with Gasteiger partial charge in [0.15, 0.2) is 0 Å². The Bertz CT molecular complexity index is 87.9. The molecule has 0 saturated heterocycles. The Morgan fingerprint density at radius 2 is 2.33 bits per heavy atom. The molecule has 0 unspecified atom stereocenters. The van der Waals surface area contributed by atoms with Gasteiger partial charge in [-0.05, 0) is 0 Å². The monoisotopic (exact) mass is 133 g/mol. The summed E-state index contributed by atoms with van der Waals surface area (Å²) in [5, 5.41) is 14.7. The summed E-state index contributed by atoms with van der Waals surface area (Å²) in [7, 11) is 2.86. The molecule has 0 rings (SSSR count). The Hall–Kier alpha value is -0.690. The first-order chi connectivity index (χ1) is 4.22. The third-order valence-electron chi connectivity index (χ3n) is 0.610. The number of rotatable bonds is 4. The molecule has 0 aromatic heterocycles. The predicted molar refractivity (Wildman–Crippen MR) is 32.7 cm³/mol. The third-order valence-corrected chi connectivity index (χ3v) is 0.610. The van der Waals surface area contributed by atoms with Crippen LogP contribution >= 0.6 is 0 Å². The molecule has 0 fully saturated rings. The molecule has 6 nitrogen and oxygen atoms in total. The molecule has 54 valence electrons. The summed E-state index contributed by atoms with van der Waals surface area (Å²) in [6, 6.07) is 0. The Balaban J connectivity index is 3.44. The van der Waals surface area contributed by atoms with Crippen LogP contribution in [0.25, 0.3) is 0 Å². The van der Waals surface area contributed by atoms with Crippen LogP contribution in [-0.2, 0) is 4.94 Å². The van der Waals surface area contributed by atoms with E-state index in [1.54, 1.807) is 0 Å². The van der Waals surface area contributed by atoms with E-state index in [1.165, 1.54) is 14.1 Å². The molecule has 9 heavy (non-hydrogen) atoms. The summed E-state index contributed by atoms with van der Waals surface area (Å²) in [5.41, 5.74) is 2.17. The number of hydroxylamine groups is 1. The summed E-state index contributed by atoms with van der Waals surface area (Å²) < 4.78 is 0. The SMILES string of the molecule is C=NN(C)N([O-])ONC. The Kier molecular flexibility index (Phi) is 3.89. The van der Waals surface area contributed by atoms with Crippen LogP contribution in [0.1, 0.15) is 0 Å². The van der Waals surface area contributed by atoms with Gasteiger partial charge in [-0.2, -0.15) is 10.6 Å². The van der Waals surface area contributed by atoms with Crippen molar-refractivity contribution < 1.29 is 4.94 Å². The molecule has 0 spiro atoms. The number of nitrogens with zero attached hydrogens (tertiary/aromatic N) is 3. The maximum absolute atomic E-state index is 10.4. The molecule has 0 bridgehead atoms. The van der Waals surface area contributed by atoms with Crippen molar-refractivity contribution in [2.24, 2.45) is 5.10 Å². The van der Waals surface area contributed by atoms with Crippen LogP contribution in [0.4, 0.5) is 0 Å². The number of nitrogens with one attached hydrogen (secondary N) is 1. The van der Waals surface area contributed by atoms with Crippen LogP contribution < -0.4 is 5.48 Å². The molecule has 0 saturated carbocycles.